The molecule has 1 heterocycles. The topological polar surface area (TPSA) is 21.3 Å². The van der Waals surface area contributed by atoms with Gasteiger partial charge in [0, 0.05) is 28.6 Å². The van der Waals surface area contributed by atoms with Crippen LogP contribution in [0, 0.1) is 0 Å². The Morgan fingerprint density at radius 2 is 1.93 bits per heavy atom. The van der Waals surface area contributed by atoms with Gasteiger partial charge >= 0.3 is 0 Å². The van der Waals surface area contributed by atoms with Crippen LogP contribution in [0.5, 0.6) is 0 Å². The quantitative estimate of drug-likeness (QED) is 0.750. The van der Waals surface area contributed by atoms with Gasteiger partial charge in [0.25, 0.3) is 0 Å². The lowest BCUT2D eigenvalue weighted by atomic mass is 10.0. The summed E-state index contributed by atoms with van der Waals surface area (Å²) in [6.45, 7) is 7.92. The molecule has 1 aliphatic rings. The minimum Gasteiger partial charge on any atom is -0.496 e. The Morgan fingerprint density at radius 3 is 2.67 bits per heavy atom. The molecule has 2 heteroatoms. The first kappa shape index (κ1) is 9.59. The fourth-order valence-corrected chi connectivity index (χ4v) is 1.62. The molecule has 2 nitrogen and oxygen atoms in total. The Bertz CT molecular complexity index is 457. The Hall–Kier alpha value is -1.96. The molecular formula is C13H13NO. The molecule has 0 fully saturated rings. The van der Waals surface area contributed by atoms with E-state index in [0.717, 1.165) is 28.3 Å². The highest BCUT2D eigenvalue weighted by Crippen LogP contribution is 2.32. The molecule has 0 spiro atoms. The SMILES string of the molecule is C=C1C=C(OC)C(=C)c2ccccc2N1. The van der Waals surface area contributed by atoms with Crippen LogP contribution in [-0.4, -0.2) is 7.11 Å². The summed E-state index contributed by atoms with van der Waals surface area (Å²) >= 11 is 0. The number of nitrogens with one attached hydrogen (secondary N) is 1. The number of hydrogen-bond acceptors (Lipinski definition) is 2. The van der Waals surface area contributed by atoms with Crippen molar-refractivity contribution in [2.75, 3.05) is 12.4 Å². The molecule has 0 radical (unpaired) electrons. The van der Waals surface area contributed by atoms with E-state index in [1.54, 1.807) is 7.11 Å². The van der Waals surface area contributed by atoms with Crippen LogP contribution in [0.2, 0.25) is 0 Å². The van der Waals surface area contributed by atoms with E-state index in [1.807, 2.05) is 30.3 Å². The maximum atomic E-state index is 5.27. The predicted molar refractivity (Wildman–Crippen MR) is 63.3 cm³/mol. The van der Waals surface area contributed by atoms with Crippen molar-refractivity contribution >= 4 is 11.3 Å². The zero-order valence-corrected chi connectivity index (χ0v) is 8.71. The predicted octanol–water partition coefficient (Wildman–Crippen LogP) is 3.17. The Labute approximate surface area is 89.6 Å². The fourth-order valence-electron chi connectivity index (χ4n) is 1.62. The van der Waals surface area contributed by atoms with Crippen molar-refractivity contribution in [2.45, 2.75) is 0 Å². The molecule has 0 aromatic heterocycles. The van der Waals surface area contributed by atoms with Crippen molar-refractivity contribution in [1.82, 2.24) is 0 Å². The standard InChI is InChI=1S/C13H13NO/c1-9-8-13(15-3)10(2)11-6-4-5-7-12(11)14-9/h4-8,14H,1-2H2,3H3. The fraction of sp³-hybridized carbons (Fsp3) is 0.0769. The van der Waals surface area contributed by atoms with Gasteiger partial charge in [0.1, 0.15) is 5.76 Å². The summed E-state index contributed by atoms with van der Waals surface area (Å²) in [7, 11) is 1.64. The van der Waals surface area contributed by atoms with Gasteiger partial charge in [0.05, 0.1) is 7.11 Å². The molecule has 0 bridgehead atoms. The number of methoxy groups -OCH3 is 1. The summed E-state index contributed by atoms with van der Waals surface area (Å²) < 4.78 is 5.27. The second-order valence-corrected chi connectivity index (χ2v) is 3.39. The lowest BCUT2D eigenvalue weighted by molar-refractivity contribution is 0.311. The van der Waals surface area contributed by atoms with Crippen LogP contribution in [0.1, 0.15) is 5.56 Å². The van der Waals surface area contributed by atoms with Crippen LogP contribution >= 0.6 is 0 Å². The molecule has 0 aliphatic carbocycles. The van der Waals surface area contributed by atoms with Crippen LogP contribution in [0.15, 0.2) is 55.0 Å². The number of hydrogen-bond donors (Lipinski definition) is 1. The summed E-state index contributed by atoms with van der Waals surface area (Å²) in [4.78, 5) is 0. The molecule has 15 heavy (non-hydrogen) atoms. The summed E-state index contributed by atoms with van der Waals surface area (Å²) in [5.74, 6) is 0.748. The van der Waals surface area contributed by atoms with E-state index in [4.69, 9.17) is 4.74 Å². The monoisotopic (exact) mass is 199 g/mol. The molecule has 1 aliphatic heterocycles. The van der Waals surface area contributed by atoms with E-state index in [-0.39, 0.29) is 0 Å². The van der Waals surface area contributed by atoms with E-state index < -0.39 is 0 Å². The van der Waals surface area contributed by atoms with Gasteiger partial charge in [-0.15, -0.1) is 0 Å². The third-order valence-electron chi connectivity index (χ3n) is 2.37. The van der Waals surface area contributed by atoms with Crippen molar-refractivity contribution in [1.29, 1.82) is 0 Å². The van der Waals surface area contributed by atoms with Gasteiger partial charge in [-0.3, -0.25) is 0 Å². The summed E-state index contributed by atoms with van der Waals surface area (Å²) in [6, 6.07) is 7.96. The van der Waals surface area contributed by atoms with E-state index >= 15 is 0 Å². The van der Waals surface area contributed by atoms with E-state index in [0.29, 0.717) is 0 Å². The van der Waals surface area contributed by atoms with Gasteiger partial charge in [-0.25, -0.2) is 0 Å². The summed E-state index contributed by atoms with van der Waals surface area (Å²) in [5.41, 5.74) is 3.73. The van der Waals surface area contributed by atoms with Crippen molar-refractivity contribution < 1.29 is 4.74 Å². The minimum atomic E-state index is 0.748. The highest BCUT2D eigenvalue weighted by Gasteiger charge is 2.14. The van der Waals surface area contributed by atoms with Crippen LogP contribution in [0.4, 0.5) is 5.69 Å². The van der Waals surface area contributed by atoms with Crippen LogP contribution in [-0.2, 0) is 4.74 Å². The number of ether oxygens (including phenoxy) is 1. The molecule has 1 aromatic carbocycles. The molecule has 1 N–H and O–H groups in total. The summed E-state index contributed by atoms with van der Waals surface area (Å²) in [6.07, 6.45) is 1.85. The number of rotatable bonds is 1. The number of allylic oxidation sites excluding steroid dienone is 2. The molecular weight excluding hydrogens is 186 g/mol. The van der Waals surface area contributed by atoms with E-state index in [2.05, 4.69) is 18.5 Å². The molecule has 76 valence electrons. The molecule has 0 saturated carbocycles. The van der Waals surface area contributed by atoms with Gasteiger partial charge in [-0.05, 0) is 6.07 Å². The third kappa shape index (κ3) is 1.66. The molecule has 1 aromatic rings. The number of benzene rings is 1. The first-order valence-corrected chi connectivity index (χ1v) is 4.72. The van der Waals surface area contributed by atoms with Crippen molar-refractivity contribution in [3.05, 3.63) is 60.5 Å². The number of para-hydroxylation sites is 1. The van der Waals surface area contributed by atoms with Gasteiger partial charge in [-0.1, -0.05) is 31.4 Å². The van der Waals surface area contributed by atoms with Gasteiger partial charge in [-0.2, -0.15) is 0 Å². The van der Waals surface area contributed by atoms with Crippen molar-refractivity contribution in [3.63, 3.8) is 0 Å². The average molecular weight is 199 g/mol. The smallest absolute Gasteiger partial charge is 0.128 e. The van der Waals surface area contributed by atoms with Crippen molar-refractivity contribution in [3.8, 4) is 0 Å². The van der Waals surface area contributed by atoms with Gasteiger partial charge in [0.2, 0.25) is 0 Å². The number of anilines is 1. The minimum absolute atomic E-state index is 0.748. The van der Waals surface area contributed by atoms with Crippen molar-refractivity contribution in [2.24, 2.45) is 0 Å². The van der Waals surface area contributed by atoms with Gasteiger partial charge < -0.3 is 10.1 Å². The third-order valence-corrected chi connectivity index (χ3v) is 2.37. The molecule has 0 saturated heterocycles. The second kappa shape index (κ2) is 3.65. The van der Waals surface area contributed by atoms with Crippen LogP contribution in [0.25, 0.3) is 5.57 Å². The van der Waals surface area contributed by atoms with Crippen LogP contribution in [0.3, 0.4) is 0 Å². The lowest BCUT2D eigenvalue weighted by Crippen LogP contribution is -1.95. The molecule has 0 atom stereocenters. The average Bonchev–Trinajstić information content (AvgIpc) is 2.36. The molecule has 0 unspecified atom stereocenters. The molecule has 0 amide bonds. The van der Waals surface area contributed by atoms with E-state index in [9.17, 15) is 0 Å². The number of fused-ring (bicyclic) bond motifs is 1. The Balaban J connectivity index is 2.57. The maximum Gasteiger partial charge on any atom is 0.128 e. The van der Waals surface area contributed by atoms with Crippen LogP contribution < -0.4 is 5.32 Å². The first-order valence-electron chi connectivity index (χ1n) is 4.72. The first-order chi connectivity index (χ1) is 7.22. The molecule has 2 rings (SSSR count). The zero-order valence-electron chi connectivity index (χ0n) is 8.71. The maximum absolute atomic E-state index is 5.27. The Kier molecular flexibility index (Phi) is 2.34. The Morgan fingerprint density at radius 1 is 1.20 bits per heavy atom. The zero-order chi connectivity index (χ0) is 10.8. The lowest BCUT2D eigenvalue weighted by Gasteiger charge is -2.09. The van der Waals surface area contributed by atoms with Gasteiger partial charge in [0.15, 0.2) is 0 Å². The second-order valence-electron chi connectivity index (χ2n) is 3.39. The largest absolute Gasteiger partial charge is 0.496 e. The van der Waals surface area contributed by atoms with E-state index in [1.165, 1.54) is 0 Å². The summed E-state index contributed by atoms with van der Waals surface area (Å²) in [5, 5.41) is 3.21. The highest BCUT2D eigenvalue weighted by atomic mass is 16.5. The normalized spacial score (nSPS) is 14.9. The highest BCUT2D eigenvalue weighted by molar-refractivity contribution is 5.86.